The standard InChI is InChI=1S/C12H14N2O3/c15-14(16)10-3-1-2-9-11(10)17-8-12(9)4-6-13-7-5-12/h1-3,13H,4-8H2. The molecular weight excluding hydrogens is 220 g/mol. The van der Waals surface area contributed by atoms with E-state index in [-0.39, 0.29) is 16.0 Å². The highest BCUT2D eigenvalue weighted by atomic mass is 16.6. The summed E-state index contributed by atoms with van der Waals surface area (Å²) in [7, 11) is 0. The van der Waals surface area contributed by atoms with Gasteiger partial charge in [-0.25, -0.2) is 0 Å². The average molecular weight is 234 g/mol. The van der Waals surface area contributed by atoms with Gasteiger partial charge in [0.1, 0.15) is 0 Å². The van der Waals surface area contributed by atoms with Gasteiger partial charge in [-0.05, 0) is 25.9 Å². The second-order valence-electron chi connectivity index (χ2n) is 4.73. The molecule has 0 unspecified atom stereocenters. The molecule has 0 aliphatic carbocycles. The summed E-state index contributed by atoms with van der Waals surface area (Å²) in [6, 6.07) is 5.25. The van der Waals surface area contributed by atoms with Gasteiger partial charge in [0.25, 0.3) is 0 Å². The van der Waals surface area contributed by atoms with E-state index in [1.165, 1.54) is 6.07 Å². The number of nitro groups is 1. The molecule has 0 aromatic heterocycles. The van der Waals surface area contributed by atoms with Crippen LogP contribution in [-0.4, -0.2) is 24.6 Å². The van der Waals surface area contributed by atoms with Gasteiger partial charge in [0.05, 0.1) is 11.5 Å². The molecule has 2 aliphatic rings. The number of para-hydroxylation sites is 1. The number of piperidine rings is 1. The number of hydrogen-bond donors (Lipinski definition) is 1. The van der Waals surface area contributed by atoms with Crippen LogP contribution in [0.25, 0.3) is 0 Å². The van der Waals surface area contributed by atoms with E-state index in [0.717, 1.165) is 31.5 Å². The molecule has 17 heavy (non-hydrogen) atoms. The first kappa shape index (κ1) is 10.5. The van der Waals surface area contributed by atoms with E-state index in [4.69, 9.17) is 4.74 Å². The Labute approximate surface area is 98.9 Å². The Morgan fingerprint density at radius 1 is 1.35 bits per heavy atom. The van der Waals surface area contributed by atoms with Gasteiger partial charge in [0.15, 0.2) is 0 Å². The normalized spacial score (nSPS) is 20.9. The molecule has 1 aromatic carbocycles. The van der Waals surface area contributed by atoms with Gasteiger partial charge in [-0.2, -0.15) is 0 Å². The van der Waals surface area contributed by atoms with E-state index in [1.807, 2.05) is 6.07 Å². The Bertz CT molecular complexity index is 467. The summed E-state index contributed by atoms with van der Waals surface area (Å²) in [5, 5.41) is 14.3. The third-order valence-corrected chi connectivity index (χ3v) is 3.82. The van der Waals surface area contributed by atoms with Crippen molar-refractivity contribution < 1.29 is 9.66 Å². The Balaban J connectivity index is 2.08. The molecule has 90 valence electrons. The van der Waals surface area contributed by atoms with E-state index < -0.39 is 0 Å². The maximum atomic E-state index is 10.9. The lowest BCUT2D eigenvalue weighted by Crippen LogP contribution is -2.40. The molecule has 0 saturated carbocycles. The molecule has 5 heteroatoms. The minimum atomic E-state index is -0.362. The number of hydrogen-bond acceptors (Lipinski definition) is 4. The first-order valence-electron chi connectivity index (χ1n) is 5.84. The molecule has 0 atom stereocenters. The summed E-state index contributed by atoms with van der Waals surface area (Å²) in [6.07, 6.45) is 1.97. The number of benzene rings is 1. The molecule has 2 heterocycles. The minimum absolute atomic E-state index is 0.00734. The quantitative estimate of drug-likeness (QED) is 0.592. The maximum absolute atomic E-state index is 10.9. The highest BCUT2D eigenvalue weighted by Gasteiger charge is 2.44. The lowest BCUT2D eigenvalue weighted by molar-refractivity contribution is -0.385. The van der Waals surface area contributed by atoms with Crippen molar-refractivity contribution in [1.29, 1.82) is 0 Å². The molecular formula is C12H14N2O3. The lowest BCUT2D eigenvalue weighted by Gasteiger charge is -2.32. The first-order valence-corrected chi connectivity index (χ1v) is 5.84. The highest BCUT2D eigenvalue weighted by molar-refractivity contribution is 5.57. The fraction of sp³-hybridized carbons (Fsp3) is 0.500. The number of nitrogens with one attached hydrogen (secondary N) is 1. The van der Waals surface area contributed by atoms with Crippen LogP contribution in [0.3, 0.4) is 0 Å². The van der Waals surface area contributed by atoms with E-state index in [2.05, 4.69) is 5.32 Å². The minimum Gasteiger partial charge on any atom is -0.486 e. The summed E-state index contributed by atoms with van der Waals surface area (Å²) < 4.78 is 5.61. The van der Waals surface area contributed by atoms with Gasteiger partial charge >= 0.3 is 5.69 Å². The third-order valence-electron chi connectivity index (χ3n) is 3.82. The molecule has 1 spiro atoms. The predicted octanol–water partition coefficient (Wildman–Crippen LogP) is 1.61. The van der Waals surface area contributed by atoms with Crippen LogP contribution < -0.4 is 10.1 Å². The molecule has 2 aliphatic heterocycles. The van der Waals surface area contributed by atoms with Gasteiger partial charge < -0.3 is 10.1 Å². The zero-order valence-electron chi connectivity index (χ0n) is 9.44. The summed E-state index contributed by atoms with van der Waals surface area (Å²) in [5.41, 5.74) is 1.11. The van der Waals surface area contributed by atoms with Crippen LogP contribution in [0.2, 0.25) is 0 Å². The SMILES string of the molecule is O=[N+]([O-])c1cccc2c1OCC21CCNCC1. The largest absolute Gasteiger partial charge is 0.486 e. The predicted molar refractivity (Wildman–Crippen MR) is 62.4 cm³/mol. The van der Waals surface area contributed by atoms with Crippen molar-refractivity contribution in [3.8, 4) is 5.75 Å². The molecule has 1 N–H and O–H groups in total. The van der Waals surface area contributed by atoms with Crippen LogP contribution in [0.5, 0.6) is 5.75 Å². The second kappa shape index (κ2) is 3.70. The van der Waals surface area contributed by atoms with Crippen molar-refractivity contribution in [1.82, 2.24) is 5.32 Å². The topological polar surface area (TPSA) is 64.4 Å². The summed E-state index contributed by atoms with van der Waals surface area (Å²) in [4.78, 5) is 10.6. The zero-order valence-corrected chi connectivity index (χ0v) is 9.44. The van der Waals surface area contributed by atoms with Crippen LogP contribution in [0.15, 0.2) is 18.2 Å². The first-order chi connectivity index (χ1) is 8.23. The van der Waals surface area contributed by atoms with E-state index in [9.17, 15) is 10.1 Å². The van der Waals surface area contributed by atoms with Crippen LogP contribution in [0.1, 0.15) is 18.4 Å². The van der Waals surface area contributed by atoms with Crippen molar-refractivity contribution in [3.05, 3.63) is 33.9 Å². The van der Waals surface area contributed by atoms with Crippen LogP contribution in [-0.2, 0) is 5.41 Å². The molecule has 1 saturated heterocycles. The van der Waals surface area contributed by atoms with Crippen LogP contribution in [0, 0.1) is 10.1 Å². The molecule has 1 fully saturated rings. The number of nitro benzene ring substituents is 1. The molecule has 0 amide bonds. The number of ether oxygens (including phenoxy) is 1. The summed E-state index contributed by atoms with van der Waals surface area (Å²) in [6.45, 7) is 2.48. The second-order valence-corrected chi connectivity index (χ2v) is 4.73. The number of fused-ring (bicyclic) bond motifs is 2. The third kappa shape index (κ3) is 1.50. The Morgan fingerprint density at radius 2 is 2.12 bits per heavy atom. The number of rotatable bonds is 1. The molecule has 0 radical (unpaired) electrons. The maximum Gasteiger partial charge on any atom is 0.311 e. The van der Waals surface area contributed by atoms with E-state index >= 15 is 0 Å². The molecule has 3 rings (SSSR count). The molecule has 1 aromatic rings. The summed E-state index contributed by atoms with van der Waals surface area (Å²) >= 11 is 0. The smallest absolute Gasteiger partial charge is 0.311 e. The fourth-order valence-corrected chi connectivity index (χ4v) is 2.84. The van der Waals surface area contributed by atoms with Crippen molar-refractivity contribution >= 4 is 5.69 Å². The van der Waals surface area contributed by atoms with Crippen molar-refractivity contribution in [2.75, 3.05) is 19.7 Å². The van der Waals surface area contributed by atoms with Crippen molar-refractivity contribution in [3.63, 3.8) is 0 Å². The molecule has 5 nitrogen and oxygen atoms in total. The van der Waals surface area contributed by atoms with E-state index in [1.54, 1.807) is 6.07 Å². The summed E-state index contributed by atoms with van der Waals surface area (Å²) in [5.74, 6) is 0.486. The van der Waals surface area contributed by atoms with Gasteiger partial charge in [0.2, 0.25) is 5.75 Å². The van der Waals surface area contributed by atoms with Gasteiger partial charge in [-0.3, -0.25) is 10.1 Å². The van der Waals surface area contributed by atoms with Crippen LogP contribution >= 0.6 is 0 Å². The fourth-order valence-electron chi connectivity index (χ4n) is 2.84. The van der Waals surface area contributed by atoms with Crippen LogP contribution in [0.4, 0.5) is 5.69 Å². The highest BCUT2D eigenvalue weighted by Crippen LogP contribution is 2.48. The zero-order chi connectivity index (χ0) is 11.9. The lowest BCUT2D eigenvalue weighted by atomic mass is 9.75. The van der Waals surface area contributed by atoms with Crippen molar-refractivity contribution in [2.24, 2.45) is 0 Å². The Hall–Kier alpha value is -1.62. The van der Waals surface area contributed by atoms with Gasteiger partial charge in [-0.1, -0.05) is 12.1 Å². The Kier molecular flexibility index (Phi) is 2.29. The van der Waals surface area contributed by atoms with Gasteiger partial charge in [-0.15, -0.1) is 0 Å². The molecule has 0 bridgehead atoms. The number of nitrogens with zero attached hydrogens (tertiary/aromatic N) is 1. The average Bonchev–Trinajstić information content (AvgIpc) is 2.69. The Morgan fingerprint density at radius 3 is 2.82 bits per heavy atom. The van der Waals surface area contributed by atoms with Gasteiger partial charge in [0, 0.05) is 17.0 Å². The monoisotopic (exact) mass is 234 g/mol. The van der Waals surface area contributed by atoms with E-state index in [0.29, 0.717) is 12.4 Å². The van der Waals surface area contributed by atoms with Crippen molar-refractivity contribution in [2.45, 2.75) is 18.3 Å².